The van der Waals surface area contributed by atoms with Crippen LogP contribution in [0.25, 0.3) is 0 Å². The maximum absolute atomic E-state index is 5.58. The summed E-state index contributed by atoms with van der Waals surface area (Å²) in [4.78, 5) is 2.39. The summed E-state index contributed by atoms with van der Waals surface area (Å²) < 4.78 is 5.58. The molecule has 1 fully saturated rings. The molecule has 1 saturated heterocycles. The highest BCUT2D eigenvalue weighted by molar-refractivity contribution is 5.01. The van der Waals surface area contributed by atoms with Gasteiger partial charge in [-0.1, -0.05) is 32.6 Å². The van der Waals surface area contributed by atoms with Gasteiger partial charge in [0.2, 0.25) is 0 Å². The Bertz CT molecular complexity index is 266. The van der Waals surface area contributed by atoms with Crippen LogP contribution in [-0.2, 0) is 4.74 Å². The molecule has 0 spiro atoms. The van der Waals surface area contributed by atoms with E-state index in [-0.39, 0.29) is 0 Å². The second-order valence-electron chi connectivity index (χ2n) is 6.05. The van der Waals surface area contributed by atoms with E-state index in [1.165, 1.54) is 0 Å². The average Bonchev–Trinajstić information content (AvgIpc) is 2.32. The summed E-state index contributed by atoms with van der Waals surface area (Å²) in [5.41, 5.74) is 0.369. The van der Waals surface area contributed by atoms with Crippen molar-refractivity contribution in [2.24, 2.45) is 5.41 Å². The Morgan fingerprint density at radius 2 is 1.83 bits per heavy atom. The molecule has 3 heteroatoms. The zero-order chi connectivity index (χ0) is 13.3. The Hall–Kier alpha value is -0.560. The first-order chi connectivity index (χ1) is 8.58. The molecule has 1 heterocycles. The van der Waals surface area contributed by atoms with Crippen LogP contribution < -0.4 is 5.32 Å². The first-order valence-corrected chi connectivity index (χ1v) is 7.04. The lowest BCUT2D eigenvalue weighted by atomic mass is 9.93. The van der Waals surface area contributed by atoms with Crippen molar-refractivity contribution < 1.29 is 4.74 Å². The van der Waals surface area contributed by atoms with Gasteiger partial charge in [0.15, 0.2) is 0 Å². The summed E-state index contributed by atoms with van der Waals surface area (Å²) in [5.74, 6) is 6.42. The fourth-order valence-electron chi connectivity index (χ4n) is 1.73. The monoisotopic (exact) mass is 252 g/mol. The molecule has 1 aliphatic rings. The highest BCUT2D eigenvalue weighted by Crippen LogP contribution is 2.17. The summed E-state index contributed by atoms with van der Waals surface area (Å²) in [6.45, 7) is 13.7. The molecule has 0 aromatic rings. The van der Waals surface area contributed by atoms with Crippen molar-refractivity contribution in [1.82, 2.24) is 10.2 Å². The molecule has 0 amide bonds. The third kappa shape index (κ3) is 8.52. The fourth-order valence-corrected chi connectivity index (χ4v) is 1.73. The van der Waals surface area contributed by atoms with Gasteiger partial charge in [0.1, 0.15) is 0 Å². The number of ether oxygens (including phenoxy) is 1. The van der Waals surface area contributed by atoms with Crippen LogP contribution in [0.5, 0.6) is 0 Å². The molecule has 0 aromatic heterocycles. The summed E-state index contributed by atoms with van der Waals surface area (Å²) in [7, 11) is 0. The van der Waals surface area contributed by atoms with Gasteiger partial charge >= 0.3 is 0 Å². The molecule has 0 radical (unpaired) electrons. The van der Waals surface area contributed by atoms with Gasteiger partial charge in [-0.25, -0.2) is 0 Å². The lowest BCUT2D eigenvalue weighted by Gasteiger charge is -2.24. The Morgan fingerprint density at radius 3 is 2.50 bits per heavy atom. The minimum atomic E-state index is 0.369. The summed E-state index contributed by atoms with van der Waals surface area (Å²) in [6, 6.07) is 0. The van der Waals surface area contributed by atoms with Crippen LogP contribution >= 0.6 is 0 Å². The Balaban J connectivity index is 1.94. The number of rotatable bonds is 5. The van der Waals surface area contributed by atoms with Crippen molar-refractivity contribution in [3.05, 3.63) is 0 Å². The van der Waals surface area contributed by atoms with Crippen LogP contribution in [0.3, 0.4) is 0 Å². The van der Waals surface area contributed by atoms with E-state index in [2.05, 4.69) is 42.8 Å². The standard InChI is InChI=1S/C15H28N2O/c1-15(2,3)7-14-18-13-6-4-5-10-17-11-8-16-9-12-17/h16H,6-14H2,1-3H3. The predicted octanol–water partition coefficient (Wildman–Crippen LogP) is 1.74. The van der Waals surface area contributed by atoms with Crippen LogP contribution in [0.4, 0.5) is 0 Å². The van der Waals surface area contributed by atoms with Gasteiger partial charge in [0, 0.05) is 39.2 Å². The molecular formula is C15H28N2O. The summed E-state index contributed by atoms with van der Waals surface area (Å²) in [5, 5.41) is 3.34. The lowest BCUT2D eigenvalue weighted by Crippen LogP contribution is -2.43. The van der Waals surface area contributed by atoms with E-state index in [4.69, 9.17) is 4.74 Å². The van der Waals surface area contributed by atoms with Gasteiger partial charge in [-0.2, -0.15) is 0 Å². The van der Waals surface area contributed by atoms with Crippen molar-refractivity contribution in [1.29, 1.82) is 0 Å². The summed E-state index contributed by atoms with van der Waals surface area (Å²) in [6.07, 6.45) is 1.97. The van der Waals surface area contributed by atoms with E-state index in [0.717, 1.165) is 58.8 Å². The van der Waals surface area contributed by atoms with E-state index < -0.39 is 0 Å². The van der Waals surface area contributed by atoms with Crippen LogP contribution in [-0.4, -0.2) is 50.8 Å². The molecule has 0 aromatic carbocycles. The molecule has 3 nitrogen and oxygen atoms in total. The SMILES string of the molecule is CC(C)(C)CCOCCC#CCN1CCNCC1. The second kappa shape index (κ2) is 8.53. The number of hydrogen-bond acceptors (Lipinski definition) is 3. The predicted molar refractivity (Wildman–Crippen MR) is 76.6 cm³/mol. The van der Waals surface area contributed by atoms with E-state index in [9.17, 15) is 0 Å². The van der Waals surface area contributed by atoms with Gasteiger partial charge in [0.25, 0.3) is 0 Å². The molecule has 18 heavy (non-hydrogen) atoms. The van der Waals surface area contributed by atoms with E-state index >= 15 is 0 Å². The molecule has 104 valence electrons. The van der Waals surface area contributed by atoms with Crippen LogP contribution in [0.15, 0.2) is 0 Å². The third-order valence-corrected chi connectivity index (χ3v) is 3.01. The minimum absolute atomic E-state index is 0.369. The maximum Gasteiger partial charge on any atom is 0.0602 e. The van der Waals surface area contributed by atoms with E-state index in [1.54, 1.807) is 0 Å². The first kappa shape index (κ1) is 15.5. The Morgan fingerprint density at radius 1 is 1.11 bits per heavy atom. The second-order valence-corrected chi connectivity index (χ2v) is 6.05. The zero-order valence-electron chi connectivity index (χ0n) is 12.2. The number of piperazine rings is 1. The fraction of sp³-hybridized carbons (Fsp3) is 0.867. The first-order valence-electron chi connectivity index (χ1n) is 7.04. The third-order valence-electron chi connectivity index (χ3n) is 3.01. The van der Waals surface area contributed by atoms with Crippen molar-refractivity contribution in [2.75, 3.05) is 45.9 Å². The number of nitrogens with one attached hydrogen (secondary N) is 1. The molecular weight excluding hydrogens is 224 g/mol. The van der Waals surface area contributed by atoms with E-state index in [0.29, 0.717) is 5.41 Å². The number of nitrogens with zero attached hydrogens (tertiary/aromatic N) is 1. The molecule has 1 aliphatic heterocycles. The smallest absolute Gasteiger partial charge is 0.0602 e. The minimum Gasteiger partial charge on any atom is -0.380 e. The molecule has 1 N–H and O–H groups in total. The molecule has 0 unspecified atom stereocenters. The van der Waals surface area contributed by atoms with Gasteiger partial charge in [-0.15, -0.1) is 0 Å². The van der Waals surface area contributed by atoms with Gasteiger partial charge in [0.05, 0.1) is 13.2 Å². The number of hydrogen-bond donors (Lipinski definition) is 1. The zero-order valence-corrected chi connectivity index (χ0v) is 12.2. The van der Waals surface area contributed by atoms with Crippen LogP contribution in [0, 0.1) is 17.3 Å². The van der Waals surface area contributed by atoms with Crippen LogP contribution in [0.2, 0.25) is 0 Å². The topological polar surface area (TPSA) is 24.5 Å². The molecule has 0 bridgehead atoms. The van der Waals surface area contributed by atoms with Crippen molar-refractivity contribution in [3.8, 4) is 11.8 Å². The highest BCUT2D eigenvalue weighted by Gasteiger charge is 2.09. The Labute approximate surface area is 112 Å². The maximum atomic E-state index is 5.58. The summed E-state index contributed by atoms with van der Waals surface area (Å²) >= 11 is 0. The van der Waals surface area contributed by atoms with Gasteiger partial charge in [-0.05, 0) is 11.8 Å². The Kier molecular flexibility index (Phi) is 7.34. The van der Waals surface area contributed by atoms with Crippen molar-refractivity contribution in [2.45, 2.75) is 33.6 Å². The molecule has 0 aliphatic carbocycles. The van der Waals surface area contributed by atoms with Crippen LogP contribution in [0.1, 0.15) is 33.6 Å². The van der Waals surface area contributed by atoms with Gasteiger partial charge < -0.3 is 10.1 Å². The van der Waals surface area contributed by atoms with Gasteiger partial charge in [-0.3, -0.25) is 4.90 Å². The normalized spacial score (nSPS) is 17.3. The quantitative estimate of drug-likeness (QED) is 0.596. The van der Waals surface area contributed by atoms with Crippen molar-refractivity contribution in [3.63, 3.8) is 0 Å². The largest absolute Gasteiger partial charge is 0.380 e. The average molecular weight is 252 g/mol. The molecule has 0 atom stereocenters. The highest BCUT2D eigenvalue weighted by atomic mass is 16.5. The van der Waals surface area contributed by atoms with Crippen molar-refractivity contribution >= 4 is 0 Å². The molecule has 0 saturated carbocycles. The molecule has 1 rings (SSSR count). The van der Waals surface area contributed by atoms with E-state index in [1.807, 2.05) is 0 Å². The lowest BCUT2D eigenvalue weighted by molar-refractivity contribution is 0.113.